The van der Waals surface area contributed by atoms with E-state index in [0.717, 1.165) is 31.2 Å². The van der Waals surface area contributed by atoms with E-state index in [-0.39, 0.29) is 5.57 Å². The molecule has 0 atom stereocenters. The summed E-state index contributed by atoms with van der Waals surface area (Å²) in [6.07, 6.45) is 2.56. The van der Waals surface area contributed by atoms with Crippen LogP contribution >= 0.6 is 0 Å². The van der Waals surface area contributed by atoms with Crippen LogP contribution < -0.4 is 16.0 Å². The zero-order valence-electron chi connectivity index (χ0n) is 14.1. The molecular weight excluding hydrogens is 304 g/mol. The van der Waals surface area contributed by atoms with E-state index >= 15 is 0 Å². The maximum absolute atomic E-state index is 8.84. The Kier molecular flexibility index (Phi) is 7.16. The smallest absolute Gasteiger partial charge is 0.169 e. The van der Waals surface area contributed by atoms with Crippen molar-refractivity contribution >= 4 is 0 Å². The van der Waals surface area contributed by atoms with Crippen molar-refractivity contribution in [3.8, 4) is 12.1 Å². The number of nitrogens with one attached hydrogen (secondary N) is 3. The van der Waals surface area contributed by atoms with Gasteiger partial charge in [0.05, 0.1) is 13.1 Å². The summed E-state index contributed by atoms with van der Waals surface area (Å²) in [5, 5.41) is 26.8. The fourth-order valence-electron chi connectivity index (χ4n) is 2.69. The minimum absolute atomic E-state index is 0.0510. The van der Waals surface area contributed by atoms with Crippen molar-refractivity contribution < 1.29 is 4.42 Å². The predicted molar refractivity (Wildman–Crippen MR) is 90.2 cm³/mol. The summed E-state index contributed by atoms with van der Waals surface area (Å²) in [6.45, 7) is 5.16. The van der Waals surface area contributed by atoms with Crippen LogP contribution in [-0.4, -0.2) is 38.1 Å². The lowest BCUT2D eigenvalue weighted by Crippen LogP contribution is -2.31. The van der Waals surface area contributed by atoms with Crippen LogP contribution in [0.3, 0.4) is 0 Å². The first-order chi connectivity index (χ1) is 11.8. The summed E-state index contributed by atoms with van der Waals surface area (Å²) in [6, 6.07) is 7.76. The van der Waals surface area contributed by atoms with E-state index in [9.17, 15) is 0 Å². The summed E-state index contributed by atoms with van der Waals surface area (Å²) in [5.74, 6) is 2.39. The average Bonchev–Trinajstić information content (AvgIpc) is 3.26. The van der Waals surface area contributed by atoms with Gasteiger partial charge in [-0.15, -0.1) is 0 Å². The van der Waals surface area contributed by atoms with Crippen LogP contribution in [-0.2, 0) is 13.1 Å². The second-order valence-electron chi connectivity index (χ2n) is 5.68. The van der Waals surface area contributed by atoms with Gasteiger partial charge in [-0.3, -0.25) is 4.90 Å². The first-order valence-electron chi connectivity index (χ1n) is 8.23. The molecule has 128 valence electrons. The Hall–Kier alpha value is -2.48. The van der Waals surface area contributed by atoms with Gasteiger partial charge in [-0.1, -0.05) is 0 Å². The molecule has 0 bridgehead atoms. The molecule has 1 saturated heterocycles. The number of allylic oxidation sites excluding steroid dienone is 1. The summed E-state index contributed by atoms with van der Waals surface area (Å²) in [4.78, 5) is 2.41. The zero-order chi connectivity index (χ0) is 17.2. The van der Waals surface area contributed by atoms with E-state index < -0.39 is 0 Å². The van der Waals surface area contributed by atoms with Crippen molar-refractivity contribution in [3.05, 3.63) is 35.0 Å². The first-order valence-corrected chi connectivity index (χ1v) is 8.23. The minimum Gasteiger partial charge on any atom is -0.463 e. The lowest BCUT2D eigenvalue weighted by molar-refractivity contribution is 0.291. The number of nitrogens with zero attached hydrogens (tertiary/aromatic N) is 3. The van der Waals surface area contributed by atoms with Crippen LogP contribution in [0.15, 0.2) is 27.9 Å². The SMILES string of the molecule is CNC(NCCNCc1ccc(CN2CCCC2)o1)=C(C#N)C#N. The highest BCUT2D eigenvalue weighted by molar-refractivity contribution is 5.38. The molecule has 0 unspecified atom stereocenters. The fourth-order valence-corrected chi connectivity index (χ4v) is 2.69. The van der Waals surface area contributed by atoms with Gasteiger partial charge in [-0.2, -0.15) is 10.5 Å². The lowest BCUT2D eigenvalue weighted by Gasteiger charge is -2.12. The van der Waals surface area contributed by atoms with Crippen LogP contribution in [0, 0.1) is 22.7 Å². The van der Waals surface area contributed by atoms with Gasteiger partial charge >= 0.3 is 0 Å². The van der Waals surface area contributed by atoms with Crippen molar-refractivity contribution in [2.45, 2.75) is 25.9 Å². The van der Waals surface area contributed by atoms with Crippen LogP contribution in [0.5, 0.6) is 0 Å². The normalized spacial score (nSPS) is 14.0. The maximum Gasteiger partial charge on any atom is 0.169 e. The van der Waals surface area contributed by atoms with Gasteiger partial charge in [0.15, 0.2) is 5.57 Å². The monoisotopic (exact) mass is 328 g/mol. The van der Waals surface area contributed by atoms with E-state index in [1.807, 2.05) is 24.3 Å². The highest BCUT2D eigenvalue weighted by Crippen LogP contribution is 2.14. The quantitative estimate of drug-likeness (QED) is 0.460. The van der Waals surface area contributed by atoms with Crippen molar-refractivity contribution in [1.29, 1.82) is 10.5 Å². The Labute approximate surface area is 142 Å². The molecule has 0 aromatic carbocycles. The first kappa shape index (κ1) is 17.9. The van der Waals surface area contributed by atoms with Gasteiger partial charge in [-0.25, -0.2) is 0 Å². The van der Waals surface area contributed by atoms with E-state index in [2.05, 4.69) is 20.9 Å². The van der Waals surface area contributed by atoms with Crippen LogP contribution in [0.2, 0.25) is 0 Å². The highest BCUT2D eigenvalue weighted by Gasteiger charge is 2.13. The predicted octanol–water partition coefficient (Wildman–Crippen LogP) is 1.03. The van der Waals surface area contributed by atoms with Crippen molar-refractivity contribution in [2.75, 3.05) is 33.2 Å². The average molecular weight is 328 g/mol. The third kappa shape index (κ3) is 5.31. The molecular formula is C17H24N6O. The molecule has 24 heavy (non-hydrogen) atoms. The second kappa shape index (κ2) is 9.61. The summed E-state index contributed by atoms with van der Waals surface area (Å²) >= 11 is 0. The van der Waals surface area contributed by atoms with Gasteiger partial charge < -0.3 is 20.4 Å². The van der Waals surface area contributed by atoms with Gasteiger partial charge in [0.25, 0.3) is 0 Å². The minimum atomic E-state index is 0.0510. The molecule has 1 aromatic rings. The molecule has 0 aliphatic carbocycles. The van der Waals surface area contributed by atoms with Crippen LogP contribution in [0.1, 0.15) is 24.4 Å². The van der Waals surface area contributed by atoms with Crippen molar-refractivity contribution in [3.63, 3.8) is 0 Å². The van der Waals surface area contributed by atoms with Gasteiger partial charge in [0, 0.05) is 20.1 Å². The Morgan fingerprint density at radius 3 is 2.54 bits per heavy atom. The number of hydrogen-bond donors (Lipinski definition) is 3. The molecule has 7 heteroatoms. The Balaban J connectivity index is 1.67. The van der Waals surface area contributed by atoms with Gasteiger partial charge in [0.2, 0.25) is 0 Å². The zero-order valence-corrected chi connectivity index (χ0v) is 14.1. The Bertz CT molecular complexity index is 614. The van der Waals surface area contributed by atoms with Gasteiger partial charge in [-0.05, 0) is 38.1 Å². The summed E-state index contributed by atoms with van der Waals surface area (Å²) < 4.78 is 5.84. The molecule has 1 aliphatic rings. The highest BCUT2D eigenvalue weighted by atomic mass is 16.3. The Morgan fingerprint density at radius 1 is 1.17 bits per heavy atom. The summed E-state index contributed by atoms with van der Waals surface area (Å²) in [7, 11) is 1.68. The fraction of sp³-hybridized carbons (Fsp3) is 0.529. The molecule has 2 rings (SSSR count). The molecule has 0 saturated carbocycles. The van der Waals surface area contributed by atoms with Crippen LogP contribution in [0.4, 0.5) is 0 Å². The number of nitriles is 2. The van der Waals surface area contributed by atoms with E-state index in [1.54, 1.807) is 7.05 Å². The topological polar surface area (TPSA) is 100 Å². The lowest BCUT2D eigenvalue weighted by atomic mass is 10.3. The molecule has 0 amide bonds. The van der Waals surface area contributed by atoms with Crippen molar-refractivity contribution in [1.82, 2.24) is 20.9 Å². The third-order valence-corrected chi connectivity index (χ3v) is 3.92. The molecule has 2 heterocycles. The largest absolute Gasteiger partial charge is 0.463 e. The molecule has 3 N–H and O–H groups in total. The molecule has 1 fully saturated rings. The molecule has 1 aromatic heterocycles. The molecule has 1 aliphatic heterocycles. The van der Waals surface area contributed by atoms with E-state index in [1.165, 1.54) is 12.8 Å². The number of likely N-dealkylation sites (tertiary alicyclic amines) is 1. The van der Waals surface area contributed by atoms with Gasteiger partial charge in [0.1, 0.15) is 29.5 Å². The number of hydrogen-bond acceptors (Lipinski definition) is 7. The molecule has 7 nitrogen and oxygen atoms in total. The standard InChI is InChI=1S/C17H24N6O/c1-20-17(14(10-18)11-19)22-7-6-21-12-15-4-5-16(24-15)13-23-8-2-3-9-23/h4-5,20-22H,2-3,6-9,12-13H2,1H3. The maximum atomic E-state index is 8.84. The third-order valence-electron chi connectivity index (χ3n) is 3.92. The summed E-state index contributed by atoms with van der Waals surface area (Å²) in [5.41, 5.74) is 0.0510. The molecule has 0 radical (unpaired) electrons. The molecule has 0 spiro atoms. The van der Waals surface area contributed by atoms with E-state index in [4.69, 9.17) is 14.9 Å². The van der Waals surface area contributed by atoms with Crippen LogP contribution in [0.25, 0.3) is 0 Å². The number of rotatable bonds is 9. The number of furan rings is 1. The Morgan fingerprint density at radius 2 is 1.88 bits per heavy atom. The van der Waals surface area contributed by atoms with Crippen molar-refractivity contribution in [2.24, 2.45) is 0 Å². The van der Waals surface area contributed by atoms with E-state index in [0.29, 0.717) is 25.5 Å². The second-order valence-corrected chi connectivity index (χ2v) is 5.68.